The van der Waals surface area contributed by atoms with Gasteiger partial charge in [-0.15, -0.1) is 0 Å². The number of benzene rings is 1. The second-order valence-corrected chi connectivity index (χ2v) is 8.47. The number of piperidine rings is 1. The molecule has 1 amide bonds. The minimum atomic E-state index is 0.0237. The van der Waals surface area contributed by atoms with Crippen LogP contribution in [0.2, 0.25) is 0 Å². The number of nitrogens with zero attached hydrogens (tertiary/aromatic N) is 2. The van der Waals surface area contributed by atoms with Crippen LogP contribution in [0.15, 0.2) is 54.9 Å². The Labute approximate surface area is 173 Å². The van der Waals surface area contributed by atoms with Crippen LogP contribution in [-0.2, 0) is 11.3 Å². The van der Waals surface area contributed by atoms with E-state index in [2.05, 4.69) is 39.5 Å². The van der Waals surface area contributed by atoms with E-state index in [9.17, 15) is 4.79 Å². The zero-order valence-corrected chi connectivity index (χ0v) is 17.0. The summed E-state index contributed by atoms with van der Waals surface area (Å²) >= 11 is 0. The van der Waals surface area contributed by atoms with Gasteiger partial charge in [0.1, 0.15) is 5.75 Å². The third kappa shape index (κ3) is 5.80. The largest absolute Gasteiger partial charge is 0.492 e. The van der Waals surface area contributed by atoms with Crippen molar-refractivity contribution in [1.82, 2.24) is 15.2 Å². The van der Waals surface area contributed by atoms with Crippen molar-refractivity contribution in [3.05, 3.63) is 60.4 Å². The van der Waals surface area contributed by atoms with Crippen LogP contribution >= 0.6 is 0 Å². The first-order valence-corrected chi connectivity index (χ1v) is 10.9. The monoisotopic (exact) mass is 393 g/mol. The highest BCUT2D eigenvalue weighted by Gasteiger charge is 2.33. The van der Waals surface area contributed by atoms with Gasteiger partial charge < -0.3 is 10.1 Å². The summed E-state index contributed by atoms with van der Waals surface area (Å²) in [7, 11) is 0. The first kappa shape index (κ1) is 19.9. The quantitative estimate of drug-likeness (QED) is 0.780. The number of hydrogen-bond acceptors (Lipinski definition) is 4. The molecular formula is C24H31N3O2. The van der Waals surface area contributed by atoms with Crippen molar-refractivity contribution in [3.63, 3.8) is 0 Å². The summed E-state index contributed by atoms with van der Waals surface area (Å²) < 4.78 is 5.98. The maximum absolute atomic E-state index is 13.0. The van der Waals surface area contributed by atoms with Crippen molar-refractivity contribution in [2.24, 2.45) is 11.8 Å². The molecule has 0 bridgehead atoms. The number of likely N-dealkylation sites (tertiary alicyclic amines) is 1. The van der Waals surface area contributed by atoms with E-state index in [1.807, 2.05) is 18.2 Å². The average Bonchev–Trinajstić information content (AvgIpc) is 3.27. The molecule has 1 aliphatic carbocycles. The molecule has 2 atom stereocenters. The summed E-state index contributed by atoms with van der Waals surface area (Å²) in [5.41, 5.74) is 1.29. The number of ether oxygens (including phenoxy) is 1. The highest BCUT2D eigenvalue weighted by atomic mass is 16.5. The van der Waals surface area contributed by atoms with Gasteiger partial charge in [-0.3, -0.25) is 14.7 Å². The molecule has 1 aliphatic heterocycles. The van der Waals surface area contributed by atoms with Gasteiger partial charge in [-0.2, -0.15) is 0 Å². The van der Waals surface area contributed by atoms with Crippen molar-refractivity contribution in [2.45, 2.75) is 44.7 Å². The summed E-state index contributed by atoms with van der Waals surface area (Å²) in [5, 5.41) is 3.31. The second kappa shape index (κ2) is 9.88. The van der Waals surface area contributed by atoms with E-state index < -0.39 is 0 Å². The molecule has 2 aromatic rings. The summed E-state index contributed by atoms with van der Waals surface area (Å²) in [6, 6.07) is 14.7. The fourth-order valence-corrected chi connectivity index (χ4v) is 4.62. The molecule has 2 heterocycles. The Bertz CT molecular complexity index is 762. The van der Waals surface area contributed by atoms with Crippen molar-refractivity contribution in [3.8, 4) is 5.75 Å². The summed E-state index contributed by atoms with van der Waals surface area (Å²) in [6.45, 7) is 3.25. The maximum atomic E-state index is 13.0. The van der Waals surface area contributed by atoms with Gasteiger partial charge in [-0.1, -0.05) is 43.2 Å². The Kier molecular flexibility index (Phi) is 6.78. The van der Waals surface area contributed by atoms with Gasteiger partial charge in [0.15, 0.2) is 0 Å². The number of carbonyl (C=O) groups excluding carboxylic acids is 1. The molecule has 1 N–H and O–H groups in total. The lowest BCUT2D eigenvalue weighted by Crippen LogP contribution is -2.48. The van der Waals surface area contributed by atoms with Gasteiger partial charge >= 0.3 is 0 Å². The molecule has 4 rings (SSSR count). The van der Waals surface area contributed by atoms with Gasteiger partial charge in [-0.25, -0.2) is 0 Å². The lowest BCUT2D eigenvalue weighted by atomic mass is 9.88. The zero-order valence-electron chi connectivity index (χ0n) is 17.0. The van der Waals surface area contributed by atoms with Crippen LogP contribution in [-0.4, -0.2) is 41.5 Å². The molecule has 1 saturated carbocycles. The zero-order chi connectivity index (χ0) is 19.9. The van der Waals surface area contributed by atoms with E-state index in [1.54, 1.807) is 12.4 Å². The van der Waals surface area contributed by atoms with E-state index >= 15 is 0 Å². The van der Waals surface area contributed by atoms with Crippen LogP contribution in [0.5, 0.6) is 5.75 Å². The molecule has 0 spiro atoms. The smallest absolute Gasteiger partial charge is 0.224 e. The van der Waals surface area contributed by atoms with Crippen molar-refractivity contribution >= 4 is 5.91 Å². The maximum Gasteiger partial charge on any atom is 0.224 e. The Hall–Kier alpha value is -2.40. The van der Waals surface area contributed by atoms with Crippen molar-refractivity contribution in [1.29, 1.82) is 0 Å². The molecule has 2 fully saturated rings. The number of hydrogen-bond donors (Lipinski definition) is 1. The van der Waals surface area contributed by atoms with Crippen LogP contribution in [0, 0.1) is 11.8 Å². The number of pyridine rings is 1. The van der Waals surface area contributed by atoms with Gasteiger partial charge in [-0.05, 0) is 37.0 Å². The van der Waals surface area contributed by atoms with E-state index in [-0.39, 0.29) is 11.8 Å². The van der Waals surface area contributed by atoms with Gasteiger partial charge in [0.2, 0.25) is 5.91 Å². The molecular weight excluding hydrogens is 362 g/mol. The number of carbonyl (C=O) groups is 1. The van der Waals surface area contributed by atoms with Crippen LogP contribution < -0.4 is 10.1 Å². The normalized spacial score (nSPS) is 23.0. The first-order chi connectivity index (χ1) is 14.3. The van der Waals surface area contributed by atoms with E-state index in [4.69, 9.17) is 4.74 Å². The average molecular weight is 394 g/mol. The SMILES string of the molecule is O=C(NC1CCCC1)[C@@H]1C[C@H](COc2cccnc2)CN(Cc2ccccc2)C1. The van der Waals surface area contributed by atoms with Crippen LogP contribution in [0.3, 0.4) is 0 Å². The Morgan fingerprint density at radius 1 is 1.10 bits per heavy atom. The first-order valence-electron chi connectivity index (χ1n) is 10.9. The molecule has 2 aliphatic rings. The minimum Gasteiger partial charge on any atom is -0.492 e. The lowest BCUT2D eigenvalue weighted by Gasteiger charge is -2.37. The van der Waals surface area contributed by atoms with Gasteiger partial charge in [0.25, 0.3) is 0 Å². The van der Waals surface area contributed by atoms with Crippen LogP contribution in [0.25, 0.3) is 0 Å². The molecule has 0 radical (unpaired) electrons. The highest BCUT2D eigenvalue weighted by molar-refractivity contribution is 5.79. The fourth-order valence-electron chi connectivity index (χ4n) is 4.62. The van der Waals surface area contributed by atoms with Gasteiger partial charge in [0, 0.05) is 37.8 Å². The third-order valence-electron chi connectivity index (χ3n) is 6.05. The molecule has 154 valence electrons. The van der Waals surface area contributed by atoms with Crippen molar-refractivity contribution in [2.75, 3.05) is 19.7 Å². The molecule has 0 unspecified atom stereocenters. The number of rotatable bonds is 7. The second-order valence-electron chi connectivity index (χ2n) is 8.47. The summed E-state index contributed by atoms with van der Waals surface area (Å²) in [5.74, 6) is 1.36. The molecule has 1 aromatic heterocycles. The van der Waals surface area contributed by atoms with Crippen LogP contribution in [0.4, 0.5) is 0 Å². The topological polar surface area (TPSA) is 54.5 Å². The van der Waals surface area contributed by atoms with Gasteiger partial charge in [0.05, 0.1) is 18.7 Å². The van der Waals surface area contributed by atoms with E-state index in [1.165, 1.54) is 18.4 Å². The predicted molar refractivity (Wildman–Crippen MR) is 113 cm³/mol. The predicted octanol–water partition coefficient (Wildman–Crippen LogP) is 3.66. The Morgan fingerprint density at radius 2 is 1.93 bits per heavy atom. The number of aromatic nitrogens is 1. The highest BCUT2D eigenvalue weighted by Crippen LogP contribution is 2.26. The Morgan fingerprint density at radius 3 is 2.69 bits per heavy atom. The molecule has 29 heavy (non-hydrogen) atoms. The summed E-state index contributed by atoms with van der Waals surface area (Å²) in [4.78, 5) is 19.5. The minimum absolute atomic E-state index is 0.0237. The molecule has 5 nitrogen and oxygen atoms in total. The van der Waals surface area contributed by atoms with Crippen LogP contribution in [0.1, 0.15) is 37.7 Å². The van der Waals surface area contributed by atoms with E-state index in [0.29, 0.717) is 18.6 Å². The molecule has 1 saturated heterocycles. The Balaban J connectivity index is 1.40. The van der Waals surface area contributed by atoms with Crippen molar-refractivity contribution < 1.29 is 9.53 Å². The fraction of sp³-hybridized carbons (Fsp3) is 0.500. The standard InChI is InChI=1S/C24H31N3O2/c28-24(26-22-9-4-5-10-22)21-13-20(18-29-23-11-6-12-25-14-23)16-27(17-21)15-19-7-2-1-3-8-19/h1-3,6-8,11-12,14,20-22H,4-5,9-10,13,15-18H2,(H,26,28)/t20-,21+/m0/s1. The number of amides is 1. The lowest BCUT2D eigenvalue weighted by molar-refractivity contribution is -0.128. The van der Waals surface area contributed by atoms with E-state index in [0.717, 1.165) is 44.6 Å². The summed E-state index contributed by atoms with van der Waals surface area (Å²) in [6.07, 6.45) is 9.09. The number of nitrogens with one attached hydrogen (secondary N) is 1. The molecule has 5 heteroatoms. The third-order valence-corrected chi connectivity index (χ3v) is 6.05. The molecule has 1 aromatic carbocycles.